The minimum atomic E-state index is -4.70. The molecule has 1 aliphatic rings. The van der Waals surface area contributed by atoms with E-state index in [0.717, 1.165) is 11.8 Å². The number of aromatic amines is 1. The second kappa shape index (κ2) is 5.78. The SMILES string of the molecule is O=c1[nH]c(=O)n2c3c(c(Cl)c(C(F)(F)F)cc13)SCC(S)CC2. The first-order valence-electron chi connectivity index (χ1n) is 6.57. The number of nitrogens with zero attached hydrogens (tertiary/aromatic N) is 1. The molecule has 0 saturated carbocycles. The Hall–Kier alpha value is -1.06. The van der Waals surface area contributed by atoms with Gasteiger partial charge in [0.2, 0.25) is 0 Å². The second-order valence-electron chi connectivity index (χ2n) is 5.13. The Morgan fingerprint density at radius 2 is 2.09 bits per heavy atom. The maximum Gasteiger partial charge on any atom is 0.417 e. The Balaban J connectivity index is 2.49. The molecule has 10 heteroatoms. The van der Waals surface area contributed by atoms with Crippen LogP contribution in [0.3, 0.4) is 0 Å². The van der Waals surface area contributed by atoms with Crippen LogP contribution in [0, 0.1) is 0 Å². The molecule has 0 radical (unpaired) electrons. The highest BCUT2D eigenvalue weighted by molar-refractivity contribution is 8.00. The topological polar surface area (TPSA) is 54.9 Å². The molecule has 1 unspecified atom stereocenters. The van der Waals surface area contributed by atoms with Crippen molar-refractivity contribution in [2.75, 3.05) is 5.75 Å². The van der Waals surface area contributed by atoms with Gasteiger partial charge in [-0.1, -0.05) is 11.6 Å². The molecule has 23 heavy (non-hydrogen) atoms. The van der Waals surface area contributed by atoms with E-state index >= 15 is 0 Å². The molecule has 2 aromatic rings. The van der Waals surface area contributed by atoms with Crippen LogP contribution in [-0.2, 0) is 12.7 Å². The Labute approximate surface area is 142 Å². The van der Waals surface area contributed by atoms with Crippen molar-refractivity contribution >= 4 is 46.9 Å². The summed E-state index contributed by atoms with van der Waals surface area (Å²) in [7, 11) is 0. The van der Waals surface area contributed by atoms with Gasteiger partial charge in [-0.25, -0.2) is 4.79 Å². The quantitative estimate of drug-likeness (QED) is 0.688. The highest BCUT2D eigenvalue weighted by Crippen LogP contribution is 2.43. The maximum absolute atomic E-state index is 13.2. The summed E-state index contributed by atoms with van der Waals surface area (Å²) in [5.74, 6) is 0.431. The van der Waals surface area contributed by atoms with E-state index in [-0.39, 0.29) is 27.6 Å². The molecule has 1 aromatic heterocycles. The fourth-order valence-corrected chi connectivity index (χ4v) is 4.36. The number of aromatic nitrogens is 2. The Morgan fingerprint density at radius 3 is 2.74 bits per heavy atom. The third-order valence-electron chi connectivity index (χ3n) is 3.59. The summed E-state index contributed by atoms with van der Waals surface area (Å²) in [4.78, 5) is 26.2. The van der Waals surface area contributed by atoms with Gasteiger partial charge in [0.25, 0.3) is 5.56 Å². The first-order chi connectivity index (χ1) is 10.7. The van der Waals surface area contributed by atoms with Crippen LogP contribution >= 0.6 is 36.0 Å². The van der Waals surface area contributed by atoms with E-state index in [1.807, 2.05) is 0 Å². The lowest BCUT2D eigenvalue weighted by atomic mass is 10.1. The average molecular weight is 383 g/mol. The second-order valence-corrected chi connectivity index (χ2v) is 7.26. The van der Waals surface area contributed by atoms with Crippen LogP contribution in [0.1, 0.15) is 12.0 Å². The molecule has 4 nitrogen and oxygen atoms in total. The van der Waals surface area contributed by atoms with Crippen LogP contribution in [0.2, 0.25) is 5.02 Å². The summed E-state index contributed by atoms with van der Waals surface area (Å²) in [5.41, 5.74) is -2.45. The highest BCUT2D eigenvalue weighted by atomic mass is 35.5. The van der Waals surface area contributed by atoms with Gasteiger partial charge >= 0.3 is 11.9 Å². The summed E-state index contributed by atoms with van der Waals surface area (Å²) >= 11 is 11.4. The van der Waals surface area contributed by atoms with Gasteiger partial charge in [-0.2, -0.15) is 25.8 Å². The Bertz CT molecular complexity index is 907. The van der Waals surface area contributed by atoms with Gasteiger partial charge in [0.15, 0.2) is 0 Å². The van der Waals surface area contributed by atoms with Crippen molar-refractivity contribution in [2.24, 2.45) is 0 Å². The van der Waals surface area contributed by atoms with Gasteiger partial charge in [0, 0.05) is 17.5 Å². The summed E-state index contributed by atoms with van der Waals surface area (Å²) < 4.78 is 40.8. The molecular weight excluding hydrogens is 373 g/mol. The van der Waals surface area contributed by atoms with E-state index < -0.39 is 28.0 Å². The maximum atomic E-state index is 13.2. The van der Waals surface area contributed by atoms with Crippen molar-refractivity contribution in [1.29, 1.82) is 0 Å². The van der Waals surface area contributed by atoms with Gasteiger partial charge < -0.3 is 0 Å². The first-order valence-corrected chi connectivity index (χ1v) is 8.45. The molecule has 0 amide bonds. The zero-order valence-electron chi connectivity index (χ0n) is 11.4. The lowest BCUT2D eigenvalue weighted by molar-refractivity contribution is -0.137. The largest absolute Gasteiger partial charge is 0.417 e. The molecule has 0 spiro atoms. The number of hydrogen-bond donors (Lipinski definition) is 2. The van der Waals surface area contributed by atoms with Crippen LogP contribution in [0.15, 0.2) is 20.6 Å². The van der Waals surface area contributed by atoms with Gasteiger partial charge in [-0.15, -0.1) is 11.8 Å². The molecule has 0 bridgehead atoms. The molecule has 1 aliphatic heterocycles. The number of alkyl halides is 3. The molecule has 3 rings (SSSR count). The van der Waals surface area contributed by atoms with E-state index in [1.165, 1.54) is 4.57 Å². The zero-order chi connectivity index (χ0) is 16.9. The van der Waals surface area contributed by atoms with Crippen LogP contribution in [0.5, 0.6) is 0 Å². The molecule has 1 N–H and O–H groups in total. The number of H-pyrrole nitrogens is 1. The summed E-state index contributed by atoms with van der Waals surface area (Å²) in [5, 5.41) is -0.787. The predicted octanol–water partition coefficient (Wildman–Crippen LogP) is 3.16. The van der Waals surface area contributed by atoms with E-state index in [2.05, 4.69) is 17.6 Å². The number of thiol groups is 1. The van der Waals surface area contributed by atoms with E-state index in [0.29, 0.717) is 18.2 Å². The molecule has 1 atom stereocenters. The van der Waals surface area contributed by atoms with Gasteiger partial charge in [0.05, 0.1) is 26.4 Å². The molecule has 0 fully saturated rings. The van der Waals surface area contributed by atoms with Crippen LogP contribution < -0.4 is 11.2 Å². The van der Waals surface area contributed by atoms with Crippen LogP contribution in [0.25, 0.3) is 10.9 Å². The molecule has 0 aliphatic carbocycles. The number of nitrogens with one attached hydrogen (secondary N) is 1. The summed E-state index contributed by atoms with van der Waals surface area (Å²) in [6.45, 7) is 0.246. The summed E-state index contributed by atoms with van der Waals surface area (Å²) in [6, 6.07) is 0.705. The third kappa shape index (κ3) is 2.89. The van der Waals surface area contributed by atoms with E-state index in [9.17, 15) is 22.8 Å². The van der Waals surface area contributed by atoms with Crippen molar-refractivity contribution < 1.29 is 13.2 Å². The minimum absolute atomic E-state index is 0.0958. The number of benzene rings is 1. The number of halogens is 4. The molecule has 0 saturated heterocycles. The van der Waals surface area contributed by atoms with Gasteiger partial charge in [0.1, 0.15) is 0 Å². The van der Waals surface area contributed by atoms with Crippen molar-refractivity contribution in [3.8, 4) is 0 Å². The van der Waals surface area contributed by atoms with Crippen molar-refractivity contribution in [1.82, 2.24) is 9.55 Å². The fourth-order valence-electron chi connectivity index (χ4n) is 2.49. The monoisotopic (exact) mass is 382 g/mol. The molecule has 1 aromatic carbocycles. The number of hydrogen-bond acceptors (Lipinski definition) is 4. The number of thioether (sulfide) groups is 1. The lowest BCUT2D eigenvalue weighted by Gasteiger charge is -2.22. The number of rotatable bonds is 0. The Morgan fingerprint density at radius 1 is 1.39 bits per heavy atom. The van der Waals surface area contributed by atoms with E-state index in [1.54, 1.807) is 0 Å². The highest BCUT2D eigenvalue weighted by Gasteiger charge is 2.36. The van der Waals surface area contributed by atoms with Crippen molar-refractivity contribution in [2.45, 2.75) is 29.3 Å². The normalized spacial score (nSPS) is 18.7. The molecule has 124 valence electrons. The zero-order valence-corrected chi connectivity index (χ0v) is 13.9. The molecule has 2 heterocycles. The lowest BCUT2D eigenvalue weighted by Crippen LogP contribution is -2.32. The standard InChI is InChI=1S/C13H10ClF3N2O2S2/c14-8-7(13(15,16)17)3-6-9-10(8)23-4-5(22)1-2-19(9)12(21)18-11(6)20/h3,5,22H,1-2,4H2,(H,18,20,21). The molecular formula is C13H10ClF3N2O2S2. The van der Waals surface area contributed by atoms with Gasteiger partial charge in [-0.3, -0.25) is 14.3 Å². The first kappa shape index (κ1) is 16.8. The third-order valence-corrected chi connectivity index (χ3v) is 6.03. The van der Waals surface area contributed by atoms with Crippen molar-refractivity contribution in [3.05, 3.63) is 37.5 Å². The smallest absolute Gasteiger partial charge is 0.292 e. The summed E-state index contributed by atoms with van der Waals surface area (Å²) in [6.07, 6.45) is -4.15. The van der Waals surface area contributed by atoms with Crippen LogP contribution in [-0.4, -0.2) is 20.6 Å². The Kier molecular flexibility index (Phi) is 4.22. The predicted molar refractivity (Wildman–Crippen MR) is 87.0 cm³/mol. The minimum Gasteiger partial charge on any atom is -0.292 e. The fraction of sp³-hybridized carbons (Fsp3) is 0.385. The average Bonchev–Trinajstić information content (AvgIpc) is 2.41. The number of aryl methyl sites for hydroxylation is 1. The van der Waals surface area contributed by atoms with Crippen molar-refractivity contribution in [3.63, 3.8) is 0 Å². The van der Waals surface area contributed by atoms with Gasteiger partial charge in [-0.05, 0) is 12.5 Å². The van der Waals surface area contributed by atoms with E-state index in [4.69, 9.17) is 11.6 Å². The van der Waals surface area contributed by atoms with Crippen LogP contribution in [0.4, 0.5) is 13.2 Å².